The topological polar surface area (TPSA) is 119 Å². The van der Waals surface area contributed by atoms with Gasteiger partial charge < -0.3 is 21.7 Å². The Hall–Kier alpha value is -2.41. The van der Waals surface area contributed by atoms with Crippen LogP contribution in [0.5, 0.6) is 0 Å². The van der Waals surface area contributed by atoms with Crippen LogP contribution in [0.25, 0.3) is 0 Å². The minimum Gasteiger partial charge on any atom is -0.368 e. The quantitative estimate of drug-likeness (QED) is 0.749. The number of nitrogens with two attached hydrogens (primary N) is 2. The fourth-order valence-corrected chi connectivity index (χ4v) is 2.45. The summed E-state index contributed by atoms with van der Waals surface area (Å²) in [6.45, 7) is 8.69. The lowest BCUT2D eigenvalue weighted by Crippen LogP contribution is -2.46. The van der Waals surface area contributed by atoms with Crippen molar-refractivity contribution in [2.75, 3.05) is 18.4 Å². The Morgan fingerprint density at radius 3 is 2.15 bits per heavy atom. The Labute approximate surface area is 155 Å². The third-order valence-corrected chi connectivity index (χ3v) is 3.54. The Balaban J connectivity index is 0.000000597. The second-order valence-corrected chi connectivity index (χ2v) is 7.96. The minimum atomic E-state index is -0.771. The number of benzene rings is 1. The number of amides is 3. The summed E-state index contributed by atoms with van der Waals surface area (Å²) in [7, 11) is 0. The van der Waals surface area contributed by atoms with E-state index in [0.29, 0.717) is 11.1 Å². The molecule has 1 saturated heterocycles. The summed E-state index contributed by atoms with van der Waals surface area (Å²) in [6, 6.07) is 8.22. The molecule has 1 aliphatic rings. The van der Waals surface area contributed by atoms with Crippen molar-refractivity contribution in [2.24, 2.45) is 22.8 Å². The van der Waals surface area contributed by atoms with Crippen molar-refractivity contribution in [3.63, 3.8) is 0 Å². The van der Waals surface area contributed by atoms with Crippen LogP contribution in [-0.2, 0) is 14.4 Å². The molecule has 2 rings (SSSR count). The SMILES string of the molecule is CC(C)(C)C.NCC(=O)N1CC(C(=O)Nc2ccccc2)CC1C(N)=O. The van der Waals surface area contributed by atoms with Gasteiger partial charge in [0, 0.05) is 12.2 Å². The Bertz CT molecular complexity index is 619. The molecule has 1 aromatic carbocycles. The summed E-state index contributed by atoms with van der Waals surface area (Å²) in [5, 5.41) is 2.76. The van der Waals surface area contributed by atoms with Crippen molar-refractivity contribution >= 4 is 23.4 Å². The lowest BCUT2D eigenvalue weighted by atomic mass is 10.0. The van der Waals surface area contributed by atoms with Gasteiger partial charge in [0.2, 0.25) is 17.7 Å². The number of carbonyl (C=O) groups is 3. The molecular weight excluding hydrogens is 332 g/mol. The van der Waals surface area contributed by atoms with Gasteiger partial charge in [0.15, 0.2) is 0 Å². The number of carbonyl (C=O) groups excluding carboxylic acids is 3. The molecule has 0 spiro atoms. The van der Waals surface area contributed by atoms with Crippen LogP contribution in [0.3, 0.4) is 0 Å². The van der Waals surface area contributed by atoms with E-state index in [2.05, 4.69) is 33.0 Å². The summed E-state index contributed by atoms with van der Waals surface area (Å²) >= 11 is 0. The van der Waals surface area contributed by atoms with Crippen LogP contribution in [0.2, 0.25) is 0 Å². The van der Waals surface area contributed by atoms with Crippen LogP contribution in [-0.4, -0.2) is 41.8 Å². The van der Waals surface area contributed by atoms with Crippen LogP contribution in [0, 0.1) is 11.3 Å². The Morgan fingerprint density at radius 1 is 1.15 bits per heavy atom. The van der Waals surface area contributed by atoms with E-state index in [-0.39, 0.29) is 31.3 Å². The molecule has 1 aromatic rings. The van der Waals surface area contributed by atoms with Gasteiger partial charge >= 0.3 is 0 Å². The van der Waals surface area contributed by atoms with E-state index >= 15 is 0 Å². The lowest BCUT2D eigenvalue weighted by Gasteiger charge is -2.21. The highest BCUT2D eigenvalue weighted by Crippen LogP contribution is 2.24. The highest BCUT2D eigenvalue weighted by Gasteiger charge is 2.41. The van der Waals surface area contributed by atoms with Gasteiger partial charge in [-0.15, -0.1) is 0 Å². The maximum absolute atomic E-state index is 12.2. The van der Waals surface area contributed by atoms with Gasteiger partial charge in [-0.25, -0.2) is 0 Å². The second kappa shape index (κ2) is 9.33. The van der Waals surface area contributed by atoms with Crippen molar-refractivity contribution in [2.45, 2.75) is 40.2 Å². The van der Waals surface area contributed by atoms with Crippen molar-refractivity contribution in [1.29, 1.82) is 0 Å². The number of likely N-dealkylation sites (tertiary alicyclic amines) is 1. The molecule has 2 atom stereocenters. The number of nitrogens with zero attached hydrogens (tertiary/aromatic N) is 1. The Kier molecular flexibility index (Phi) is 7.76. The fraction of sp³-hybridized carbons (Fsp3) is 0.526. The second-order valence-electron chi connectivity index (χ2n) is 7.96. The maximum atomic E-state index is 12.2. The van der Waals surface area contributed by atoms with Gasteiger partial charge in [-0.3, -0.25) is 14.4 Å². The van der Waals surface area contributed by atoms with Crippen molar-refractivity contribution < 1.29 is 14.4 Å². The first kappa shape index (κ1) is 21.6. The molecule has 3 amide bonds. The van der Waals surface area contributed by atoms with Gasteiger partial charge in [-0.1, -0.05) is 45.9 Å². The van der Waals surface area contributed by atoms with Crippen LogP contribution in [0.15, 0.2) is 30.3 Å². The van der Waals surface area contributed by atoms with Crippen molar-refractivity contribution in [1.82, 2.24) is 4.90 Å². The molecule has 1 heterocycles. The molecule has 2 unspecified atom stereocenters. The zero-order valence-electron chi connectivity index (χ0n) is 16.0. The van der Waals surface area contributed by atoms with Gasteiger partial charge in [-0.2, -0.15) is 0 Å². The van der Waals surface area contributed by atoms with E-state index in [1.165, 1.54) is 4.90 Å². The van der Waals surface area contributed by atoms with E-state index in [9.17, 15) is 14.4 Å². The van der Waals surface area contributed by atoms with Gasteiger partial charge in [0.05, 0.1) is 12.5 Å². The Morgan fingerprint density at radius 2 is 1.69 bits per heavy atom. The monoisotopic (exact) mass is 362 g/mol. The number of nitrogens with one attached hydrogen (secondary N) is 1. The van der Waals surface area contributed by atoms with Crippen LogP contribution >= 0.6 is 0 Å². The minimum absolute atomic E-state index is 0.155. The summed E-state index contributed by atoms with van der Waals surface area (Å²) in [6.07, 6.45) is 0.222. The number of rotatable bonds is 4. The number of hydrogen-bond acceptors (Lipinski definition) is 4. The summed E-state index contributed by atoms with van der Waals surface area (Å²) in [4.78, 5) is 36.6. The molecule has 1 aliphatic heterocycles. The molecule has 26 heavy (non-hydrogen) atoms. The zero-order valence-corrected chi connectivity index (χ0v) is 16.0. The molecule has 7 heteroatoms. The molecular formula is C19H30N4O3. The molecule has 1 fully saturated rings. The first-order valence-electron chi connectivity index (χ1n) is 8.67. The number of para-hydroxylation sites is 1. The third kappa shape index (κ3) is 7.23. The van der Waals surface area contributed by atoms with Gasteiger partial charge in [0.1, 0.15) is 6.04 Å². The summed E-state index contributed by atoms with van der Waals surface area (Å²) < 4.78 is 0. The zero-order chi connectivity index (χ0) is 19.9. The largest absolute Gasteiger partial charge is 0.368 e. The van der Waals surface area contributed by atoms with Crippen LogP contribution in [0.1, 0.15) is 34.1 Å². The molecule has 144 valence electrons. The average molecular weight is 362 g/mol. The van der Waals surface area contributed by atoms with Crippen molar-refractivity contribution in [3.8, 4) is 0 Å². The van der Waals surface area contributed by atoms with Gasteiger partial charge in [-0.05, 0) is 24.0 Å². The molecule has 0 aliphatic carbocycles. The lowest BCUT2D eigenvalue weighted by molar-refractivity contribution is -0.136. The predicted molar refractivity (Wildman–Crippen MR) is 102 cm³/mol. The van der Waals surface area contributed by atoms with Crippen LogP contribution < -0.4 is 16.8 Å². The van der Waals surface area contributed by atoms with Gasteiger partial charge in [0.25, 0.3) is 0 Å². The number of hydrogen-bond donors (Lipinski definition) is 3. The summed E-state index contributed by atoms with van der Waals surface area (Å²) in [5.74, 6) is -1.71. The maximum Gasteiger partial charge on any atom is 0.240 e. The molecule has 7 nitrogen and oxygen atoms in total. The van der Waals surface area contributed by atoms with E-state index in [4.69, 9.17) is 11.5 Å². The van der Waals surface area contributed by atoms with E-state index < -0.39 is 17.9 Å². The summed E-state index contributed by atoms with van der Waals surface area (Å²) in [5.41, 5.74) is 11.8. The molecule has 0 aromatic heterocycles. The average Bonchev–Trinajstić information content (AvgIpc) is 2.99. The fourth-order valence-electron chi connectivity index (χ4n) is 2.45. The molecule has 0 saturated carbocycles. The van der Waals surface area contributed by atoms with E-state index in [0.717, 1.165) is 0 Å². The molecule has 0 bridgehead atoms. The van der Waals surface area contributed by atoms with Crippen molar-refractivity contribution in [3.05, 3.63) is 30.3 Å². The number of anilines is 1. The first-order valence-corrected chi connectivity index (χ1v) is 8.67. The highest BCUT2D eigenvalue weighted by atomic mass is 16.2. The van der Waals surface area contributed by atoms with E-state index in [1.54, 1.807) is 24.3 Å². The first-order chi connectivity index (χ1) is 12.0. The van der Waals surface area contributed by atoms with Crippen LogP contribution in [0.4, 0.5) is 5.69 Å². The predicted octanol–water partition coefficient (Wildman–Crippen LogP) is 1.34. The number of primary amides is 1. The smallest absolute Gasteiger partial charge is 0.240 e. The van der Waals surface area contributed by atoms with E-state index in [1.807, 2.05) is 6.07 Å². The normalized spacial score (nSPS) is 19.3. The molecule has 5 N–H and O–H groups in total. The third-order valence-electron chi connectivity index (χ3n) is 3.54. The standard InChI is InChI=1S/C14H18N4O3.C5H12/c15-7-12(19)18-8-9(6-11(18)13(16)20)14(21)17-10-4-2-1-3-5-10;1-5(2,3)4/h1-5,9,11H,6-8,15H2,(H2,16,20)(H,17,21);1-4H3. The molecule has 0 radical (unpaired) electrons. The highest BCUT2D eigenvalue weighted by molar-refractivity contribution is 5.95.